The first kappa shape index (κ1) is 25.2. The molecule has 8 nitrogen and oxygen atoms in total. The van der Waals surface area contributed by atoms with E-state index in [1.54, 1.807) is 19.9 Å². The molecule has 0 radical (unpaired) electrons. The molecule has 0 fully saturated rings. The molecule has 29 heavy (non-hydrogen) atoms. The van der Waals surface area contributed by atoms with E-state index in [-0.39, 0.29) is 12.3 Å². The van der Waals surface area contributed by atoms with Gasteiger partial charge in [0.1, 0.15) is 11.8 Å². The summed E-state index contributed by atoms with van der Waals surface area (Å²) < 4.78 is 6.19. The lowest BCUT2D eigenvalue weighted by atomic mass is 10.0. The molecule has 0 heterocycles. The summed E-state index contributed by atoms with van der Waals surface area (Å²) >= 11 is 7.62. The van der Waals surface area contributed by atoms with E-state index in [1.807, 2.05) is 12.1 Å². The lowest BCUT2D eigenvalue weighted by molar-refractivity contribution is -0.140. The van der Waals surface area contributed by atoms with Crippen molar-refractivity contribution < 1.29 is 29.0 Å². The zero-order chi connectivity index (χ0) is 22.1. The molecule has 0 bridgehead atoms. The number of ether oxygens (including phenoxy) is 1. The van der Waals surface area contributed by atoms with Crippen molar-refractivity contribution in [2.75, 3.05) is 13.0 Å². The Labute approximate surface area is 187 Å². The second kappa shape index (κ2) is 12.0. The van der Waals surface area contributed by atoms with Crippen molar-refractivity contribution in [2.45, 2.75) is 38.8 Å². The lowest BCUT2D eigenvalue weighted by Gasteiger charge is -2.24. The predicted molar refractivity (Wildman–Crippen MR) is 116 cm³/mol. The summed E-state index contributed by atoms with van der Waals surface area (Å²) in [6.45, 7) is 3.46. The number of carbonyl (C=O) groups is 4. The van der Waals surface area contributed by atoms with Gasteiger partial charge in [0.05, 0.1) is 31.9 Å². The lowest BCUT2D eigenvalue weighted by Crippen LogP contribution is -2.54. The monoisotopic (exact) mass is 538 g/mol. The molecular weight excluding hydrogens is 515 g/mol. The highest BCUT2D eigenvalue weighted by molar-refractivity contribution is 14.1. The van der Waals surface area contributed by atoms with Gasteiger partial charge in [0.15, 0.2) is 5.78 Å². The molecule has 1 rings (SSSR count). The highest BCUT2D eigenvalue weighted by Crippen LogP contribution is 2.21. The minimum Gasteiger partial charge on any atom is -0.496 e. The van der Waals surface area contributed by atoms with Crippen LogP contribution in [-0.2, 0) is 25.6 Å². The fourth-order valence-electron chi connectivity index (χ4n) is 2.59. The third-order valence-electron chi connectivity index (χ3n) is 4.07. The quantitative estimate of drug-likeness (QED) is 0.292. The van der Waals surface area contributed by atoms with Crippen LogP contribution in [0.3, 0.4) is 0 Å². The summed E-state index contributed by atoms with van der Waals surface area (Å²) in [5.74, 6) is -3.08. The minimum atomic E-state index is -1.26. The summed E-state index contributed by atoms with van der Waals surface area (Å²) in [6.07, 6.45) is -0.592. The Balaban J connectivity index is 2.90. The van der Waals surface area contributed by atoms with Gasteiger partial charge in [0, 0.05) is 9.13 Å². The molecule has 10 heteroatoms. The smallest absolute Gasteiger partial charge is 0.305 e. The molecule has 1 aromatic rings. The van der Waals surface area contributed by atoms with Gasteiger partial charge in [-0.05, 0) is 46.7 Å². The van der Waals surface area contributed by atoms with Crippen molar-refractivity contribution in [2.24, 2.45) is 5.92 Å². The molecule has 1 aromatic carbocycles. The van der Waals surface area contributed by atoms with Gasteiger partial charge in [-0.3, -0.25) is 19.2 Å². The van der Waals surface area contributed by atoms with Crippen LogP contribution >= 0.6 is 34.2 Å². The van der Waals surface area contributed by atoms with Crippen molar-refractivity contribution in [3.63, 3.8) is 0 Å². The van der Waals surface area contributed by atoms with E-state index in [1.165, 1.54) is 7.11 Å². The first-order chi connectivity index (χ1) is 13.6. The highest BCUT2D eigenvalue weighted by Gasteiger charge is 2.29. The number of methoxy groups -OCH3 is 1. The summed E-state index contributed by atoms with van der Waals surface area (Å²) in [5.41, 5.74) is 0.667. The van der Waals surface area contributed by atoms with Crippen molar-refractivity contribution in [1.82, 2.24) is 10.6 Å². The first-order valence-corrected chi connectivity index (χ1v) is 10.4. The van der Waals surface area contributed by atoms with Crippen LogP contribution in [0.15, 0.2) is 18.2 Å². The third kappa shape index (κ3) is 8.17. The van der Waals surface area contributed by atoms with Gasteiger partial charge in [-0.25, -0.2) is 0 Å². The number of amides is 2. The van der Waals surface area contributed by atoms with Crippen LogP contribution in [0.2, 0.25) is 0 Å². The van der Waals surface area contributed by atoms with Crippen LogP contribution in [-0.4, -0.2) is 53.7 Å². The van der Waals surface area contributed by atoms with E-state index in [0.29, 0.717) is 11.3 Å². The Morgan fingerprint density at radius 2 is 1.86 bits per heavy atom. The molecular formula is C19H24ClIN2O6. The van der Waals surface area contributed by atoms with Crippen LogP contribution < -0.4 is 15.4 Å². The summed E-state index contributed by atoms with van der Waals surface area (Å²) in [4.78, 5) is 47.9. The number of ketones is 1. The zero-order valence-electron chi connectivity index (χ0n) is 16.3. The fourth-order valence-corrected chi connectivity index (χ4v) is 3.33. The average molecular weight is 539 g/mol. The number of Topliss-reactive ketones (excluding diaryl/α,β-unsaturated/α-hetero) is 1. The maximum absolute atomic E-state index is 12.6. The molecule has 1 unspecified atom stereocenters. The number of alkyl halides is 1. The minimum absolute atomic E-state index is 0.00429. The van der Waals surface area contributed by atoms with Gasteiger partial charge in [-0.2, -0.15) is 0 Å². The number of carbonyl (C=O) groups excluding carboxylic acids is 3. The van der Waals surface area contributed by atoms with Crippen LogP contribution in [0.25, 0.3) is 0 Å². The molecule has 0 aliphatic carbocycles. The highest BCUT2D eigenvalue weighted by atomic mass is 127. The van der Waals surface area contributed by atoms with Crippen LogP contribution in [0.5, 0.6) is 5.75 Å². The average Bonchev–Trinajstić information content (AvgIpc) is 2.64. The summed E-state index contributed by atoms with van der Waals surface area (Å²) in [6, 6.07) is 3.21. The number of benzene rings is 1. The normalized spacial score (nSPS) is 12.8. The molecule has 2 atom stereocenters. The van der Waals surface area contributed by atoms with E-state index in [2.05, 4.69) is 33.2 Å². The molecule has 0 aromatic heterocycles. The standard InChI is InChI=1S/C19H24ClIN2O6/c1-10(2)18(19(28)22-13(8-17(26)27)14(24)9-20)23-16(25)7-11-6-12(21)4-5-15(11)29-3/h4-6,10,13,18H,7-9H2,1-3H3,(H,22,28)(H,23,25)(H,26,27)/t13?,18-/m0/s1. The van der Waals surface area contributed by atoms with Gasteiger partial charge in [0.2, 0.25) is 11.8 Å². The maximum Gasteiger partial charge on any atom is 0.305 e. The number of rotatable bonds is 11. The molecule has 0 aliphatic heterocycles. The number of carboxylic acids is 1. The number of hydrogen-bond donors (Lipinski definition) is 3. The summed E-state index contributed by atoms with van der Waals surface area (Å²) in [5, 5.41) is 14.0. The zero-order valence-corrected chi connectivity index (χ0v) is 19.2. The van der Waals surface area contributed by atoms with E-state index in [4.69, 9.17) is 21.4 Å². The van der Waals surface area contributed by atoms with Crippen molar-refractivity contribution in [3.05, 3.63) is 27.3 Å². The van der Waals surface area contributed by atoms with Crippen LogP contribution in [0.1, 0.15) is 25.8 Å². The molecule has 0 saturated carbocycles. The maximum atomic E-state index is 12.6. The Kier molecular flexibility index (Phi) is 10.4. The number of aliphatic carboxylic acids is 1. The summed E-state index contributed by atoms with van der Waals surface area (Å²) in [7, 11) is 1.50. The topological polar surface area (TPSA) is 122 Å². The fraction of sp³-hybridized carbons (Fsp3) is 0.474. The molecule has 0 spiro atoms. The molecule has 0 aliphatic rings. The van der Waals surface area contributed by atoms with E-state index < -0.39 is 48.0 Å². The Morgan fingerprint density at radius 3 is 2.38 bits per heavy atom. The second-order valence-electron chi connectivity index (χ2n) is 6.68. The van der Waals surface area contributed by atoms with Gasteiger partial charge < -0.3 is 20.5 Å². The van der Waals surface area contributed by atoms with E-state index >= 15 is 0 Å². The second-order valence-corrected chi connectivity index (χ2v) is 8.19. The van der Waals surface area contributed by atoms with Gasteiger partial charge in [-0.1, -0.05) is 13.8 Å². The SMILES string of the molecule is COc1ccc(I)cc1CC(=O)N[C@H](C(=O)NC(CC(=O)O)C(=O)CCl)C(C)C. The Hall–Kier alpha value is -1.88. The van der Waals surface area contributed by atoms with Crippen molar-refractivity contribution in [3.8, 4) is 5.75 Å². The number of halogens is 2. The third-order valence-corrected chi connectivity index (χ3v) is 5.01. The number of carboxylic acid groups (broad SMARTS) is 1. The molecule has 160 valence electrons. The van der Waals surface area contributed by atoms with Crippen LogP contribution in [0.4, 0.5) is 0 Å². The Bertz CT molecular complexity index is 771. The largest absolute Gasteiger partial charge is 0.496 e. The first-order valence-electron chi connectivity index (χ1n) is 8.81. The van der Waals surface area contributed by atoms with Gasteiger partial charge in [-0.15, -0.1) is 11.6 Å². The van der Waals surface area contributed by atoms with Crippen molar-refractivity contribution in [1.29, 1.82) is 0 Å². The molecule has 2 amide bonds. The van der Waals surface area contributed by atoms with Gasteiger partial charge >= 0.3 is 5.97 Å². The predicted octanol–water partition coefficient (Wildman–Crippen LogP) is 1.75. The Morgan fingerprint density at radius 1 is 1.21 bits per heavy atom. The number of hydrogen-bond acceptors (Lipinski definition) is 5. The van der Waals surface area contributed by atoms with Crippen molar-refractivity contribution >= 4 is 57.8 Å². The van der Waals surface area contributed by atoms with Gasteiger partial charge in [0.25, 0.3) is 0 Å². The molecule has 0 saturated heterocycles. The number of nitrogens with one attached hydrogen (secondary N) is 2. The van der Waals surface area contributed by atoms with Crippen LogP contribution in [0, 0.1) is 9.49 Å². The molecule has 3 N–H and O–H groups in total. The van der Waals surface area contributed by atoms with E-state index in [9.17, 15) is 19.2 Å². The van der Waals surface area contributed by atoms with E-state index in [0.717, 1.165) is 3.57 Å².